The van der Waals surface area contributed by atoms with Crippen molar-refractivity contribution < 1.29 is 4.79 Å². The zero-order valence-corrected chi connectivity index (χ0v) is 11.1. The third-order valence-corrected chi connectivity index (χ3v) is 4.57. The van der Waals surface area contributed by atoms with Gasteiger partial charge < -0.3 is 10.2 Å². The number of nitrogens with zero attached hydrogens (tertiary/aromatic N) is 1. The molecule has 0 spiro atoms. The van der Waals surface area contributed by atoms with Gasteiger partial charge in [0, 0.05) is 23.6 Å². The third kappa shape index (κ3) is 2.92. The number of piperidine rings is 1. The molecule has 0 bridgehead atoms. The molecule has 3 atom stereocenters. The van der Waals surface area contributed by atoms with Crippen LogP contribution in [0.3, 0.4) is 0 Å². The van der Waals surface area contributed by atoms with Crippen molar-refractivity contribution in [2.45, 2.75) is 49.7 Å². The lowest BCUT2D eigenvalue weighted by atomic mass is 10.0. The topological polar surface area (TPSA) is 32.3 Å². The molecule has 4 heteroatoms. The molecule has 92 valence electrons. The summed E-state index contributed by atoms with van der Waals surface area (Å²) in [6.45, 7) is 7.28. The van der Waals surface area contributed by atoms with Crippen LogP contribution in [0.4, 0.5) is 0 Å². The van der Waals surface area contributed by atoms with Crippen molar-refractivity contribution in [2.24, 2.45) is 0 Å². The molecule has 16 heavy (non-hydrogen) atoms. The largest absolute Gasteiger partial charge is 0.339 e. The van der Waals surface area contributed by atoms with Gasteiger partial charge >= 0.3 is 0 Å². The number of hydrogen-bond acceptors (Lipinski definition) is 3. The monoisotopic (exact) mass is 242 g/mol. The Labute approximate surface area is 102 Å². The van der Waals surface area contributed by atoms with Crippen molar-refractivity contribution >= 4 is 17.7 Å². The van der Waals surface area contributed by atoms with Crippen LogP contribution in [0.2, 0.25) is 0 Å². The zero-order valence-electron chi connectivity index (χ0n) is 10.2. The molecule has 3 nitrogen and oxygen atoms in total. The summed E-state index contributed by atoms with van der Waals surface area (Å²) in [6.07, 6.45) is 3.43. The lowest BCUT2D eigenvalue weighted by Crippen LogP contribution is -2.53. The summed E-state index contributed by atoms with van der Waals surface area (Å²) >= 11 is 1.99. The molecule has 2 aliphatic rings. The van der Waals surface area contributed by atoms with E-state index in [2.05, 4.69) is 24.1 Å². The molecule has 2 rings (SSSR count). The van der Waals surface area contributed by atoms with Crippen LogP contribution in [0.1, 0.15) is 33.1 Å². The molecular weight excluding hydrogens is 220 g/mol. The molecule has 0 aromatic rings. The van der Waals surface area contributed by atoms with Crippen LogP contribution in [-0.2, 0) is 4.79 Å². The van der Waals surface area contributed by atoms with E-state index >= 15 is 0 Å². The van der Waals surface area contributed by atoms with Gasteiger partial charge in [0.25, 0.3) is 0 Å². The summed E-state index contributed by atoms with van der Waals surface area (Å²) in [6, 6.07) is 0.0937. The molecule has 0 aromatic carbocycles. The van der Waals surface area contributed by atoms with E-state index in [1.807, 2.05) is 11.8 Å². The van der Waals surface area contributed by atoms with E-state index in [0.717, 1.165) is 26.1 Å². The van der Waals surface area contributed by atoms with Crippen LogP contribution in [0.5, 0.6) is 0 Å². The normalized spacial score (nSPS) is 36.1. The highest BCUT2D eigenvalue weighted by atomic mass is 32.2. The fourth-order valence-corrected chi connectivity index (χ4v) is 3.97. The van der Waals surface area contributed by atoms with Gasteiger partial charge in [-0.1, -0.05) is 20.3 Å². The molecule has 0 aromatic heterocycles. The summed E-state index contributed by atoms with van der Waals surface area (Å²) in [5.41, 5.74) is 0. The number of thioether (sulfide) groups is 1. The molecule has 2 saturated heterocycles. The summed E-state index contributed by atoms with van der Waals surface area (Å²) in [7, 11) is 0. The first kappa shape index (κ1) is 12.2. The van der Waals surface area contributed by atoms with Crippen molar-refractivity contribution in [1.29, 1.82) is 0 Å². The second-order valence-electron chi connectivity index (χ2n) is 5.00. The van der Waals surface area contributed by atoms with E-state index in [4.69, 9.17) is 0 Å². The molecule has 0 saturated carbocycles. The van der Waals surface area contributed by atoms with Crippen LogP contribution in [0, 0.1) is 0 Å². The predicted octanol–water partition coefficient (Wildman–Crippen LogP) is 1.48. The number of carbonyl (C=O) groups is 1. The Morgan fingerprint density at radius 3 is 2.50 bits per heavy atom. The first-order valence-corrected chi connectivity index (χ1v) is 7.28. The summed E-state index contributed by atoms with van der Waals surface area (Å²) in [5, 5.41) is 4.51. The van der Waals surface area contributed by atoms with Crippen LogP contribution >= 0.6 is 11.8 Å². The first-order chi connectivity index (χ1) is 7.66. The van der Waals surface area contributed by atoms with Crippen LogP contribution in [0.25, 0.3) is 0 Å². The van der Waals surface area contributed by atoms with E-state index in [1.165, 1.54) is 12.8 Å². The van der Waals surface area contributed by atoms with E-state index < -0.39 is 0 Å². The Kier molecular flexibility index (Phi) is 4.14. The summed E-state index contributed by atoms with van der Waals surface area (Å²) < 4.78 is 0. The van der Waals surface area contributed by atoms with Crippen molar-refractivity contribution in [3.8, 4) is 0 Å². The second kappa shape index (κ2) is 5.41. The van der Waals surface area contributed by atoms with E-state index in [-0.39, 0.29) is 6.04 Å². The predicted molar refractivity (Wildman–Crippen MR) is 68.7 cm³/mol. The van der Waals surface area contributed by atoms with Crippen LogP contribution < -0.4 is 5.32 Å². The third-order valence-electron chi connectivity index (χ3n) is 3.34. The average molecular weight is 242 g/mol. The molecule has 0 radical (unpaired) electrons. The van der Waals surface area contributed by atoms with Gasteiger partial charge in [0.1, 0.15) is 0 Å². The minimum Gasteiger partial charge on any atom is -0.339 e. The minimum absolute atomic E-state index is 0.0937. The number of rotatable bonds is 1. The SMILES string of the molecule is CC1CN(C(=O)[C@H]2CCCCN2)CC(C)S1. The fourth-order valence-electron chi connectivity index (χ4n) is 2.64. The molecular formula is C12H22N2OS. The molecule has 2 fully saturated rings. The Morgan fingerprint density at radius 2 is 1.94 bits per heavy atom. The Hall–Kier alpha value is -0.220. The van der Waals surface area contributed by atoms with Gasteiger partial charge in [0.2, 0.25) is 5.91 Å². The quantitative estimate of drug-likeness (QED) is 0.756. The summed E-state index contributed by atoms with van der Waals surface area (Å²) in [4.78, 5) is 14.4. The van der Waals surface area contributed by atoms with Crippen LogP contribution in [0.15, 0.2) is 0 Å². The van der Waals surface area contributed by atoms with Gasteiger partial charge in [-0.3, -0.25) is 4.79 Å². The van der Waals surface area contributed by atoms with Gasteiger partial charge in [0.15, 0.2) is 0 Å². The van der Waals surface area contributed by atoms with Gasteiger partial charge in [-0.25, -0.2) is 0 Å². The highest BCUT2D eigenvalue weighted by Gasteiger charge is 2.30. The first-order valence-electron chi connectivity index (χ1n) is 6.34. The van der Waals surface area contributed by atoms with Crippen molar-refractivity contribution in [3.05, 3.63) is 0 Å². The maximum atomic E-state index is 12.3. The van der Waals surface area contributed by atoms with Crippen LogP contribution in [-0.4, -0.2) is 47.0 Å². The van der Waals surface area contributed by atoms with Gasteiger partial charge in [0.05, 0.1) is 6.04 Å². The van der Waals surface area contributed by atoms with E-state index in [0.29, 0.717) is 16.4 Å². The Bertz CT molecular complexity index is 243. The molecule has 2 aliphatic heterocycles. The average Bonchev–Trinajstić information content (AvgIpc) is 2.28. The number of hydrogen-bond donors (Lipinski definition) is 1. The van der Waals surface area contributed by atoms with Crippen molar-refractivity contribution in [2.75, 3.05) is 19.6 Å². The molecule has 1 amide bonds. The number of carbonyl (C=O) groups excluding carboxylic acids is 1. The number of amides is 1. The van der Waals surface area contributed by atoms with Crippen molar-refractivity contribution in [3.63, 3.8) is 0 Å². The van der Waals surface area contributed by atoms with Crippen molar-refractivity contribution in [1.82, 2.24) is 10.2 Å². The Morgan fingerprint density at radius 1 is 1.25 bits per heavy atom. The van der Waals surface area contributed by atoms with E-state index in [9.17, 15) is 4.79 Å². The van der Waals surface area contributed by atoms with Gasteiger partial charge in [-0.2, -0.15) is 11.8 Å². The fraction of sp³-hybridized carbons (Fsp3) is 0.917. The maximum absolute atomic E-state index is 12.3. The second-order valence-corrected chi connectivity index (χ2v) is 6.88. The number of nitrogens with one attached hydrogen (secondary N) is 1. The Balaban J connectivity index is 1.92. The van der Waals surface area contributed by atoms with E-state index in [1.54, 1.807) is 0 Å². The minimum atomic E-state index is 0.0937. The maximum Gasteiger partial charge on any atom is 0.239 e. The standard InChI is InChI=1S/C12H22N2OS/c1-9-7-14(8-10(2)16-9)12(15)11-5-3-4-6-13-11/h9-11,13H,3-8H2,1-2H3/t9?,10?,11-/m1/s1. The highest BCUT2D eigenvalue weighted by Crippen LogP contribution is 2.25. The van der Waals surface area contributed by atoms with Gasteiger partial charge in [-0.15, -0.1) is 0 Å². The lowest BCUT2D eigenvalue weighted by molar-refractivity contribution is -0.134. The molecule has 0 aliphatic carbocycles. The smallest absolute Gasteiger partial charge is 0.239 e. The zero-order chi connectivity index (χ0) is 11.5. The molecule has 2 unspecified atom stereocenters. The molecule has 2 heterocycles. The molecule has 1 N–H and O–H groups in total. The lowest BCUT2D eigenvalue weighted by Gasteiger charge is -2.37. The van der Waals surface area contributed by atoms with Gasteiger partial charge in [-0.05, 0) is 19.4 Å². The highest BCUT2D eigenvalue weighted by molar-refractivity contribution is 8.00. The summed E-state index contributed by atoms with van der Waals surface area (Å²) in [5.74, 6) is 0.332.